The molecule has 0 spiro atoms. The largest absolute Gasteiger partial charge is 0.394 e. The molecule has 2 aromatic carbocycles. The van der Waals surface area contributed by atoms with Gasteiger partial charge in [0.05, 0.1) is 6.61 Å². The van der Waals surface area contributed by atoms with E-state index in [-0.39, 0.29) is 5.56 Å². The topological polar surface area (TPSA) is 123 Å². The fourth-order valence-corrected chi connectivity index (χ4v) is 4.01. The molecule has 0 radical (unpaired) electrons. The minimum absolute atomic E-state index is 0.140. The first-order valence-electron chi connectivity index (χ1n) is 10.7. The molecule has 2 heterocycles. The summed E-state index contributed by atoms with van der Waals surface area (Å²) in [5, 5.41) is 51.5. The van der Waals surface area contributed by atoms with Gasteiger partial charge in [-0.3, -0.25) is 0 Å². The molecule has 0 bridgehead atoms. The summed E-state index contributed by atoms with van der Waals surface area (Å²) in [4.78, 5) is 4.17. The number of nitrogens with zero attached hydrogens (tertiary/aromatic N) is 1. The fraction of sp³-hybridized carbons (Fsp3) is 0.269. The van der Waals surface area contributed by atoms with Gasteiger partial charge in [0.1, 0.15) is 30.1 Å². The molecule has 8 heteroatoms. The molecule has 1 saturated heterocycles. The molecule has 1 aliphatic heterocycles. The maximum atomic E-state index is 11.1. The minimum atomic E-state index is -2.34. The molecule has 1 aromatic heterocycles. The summed E-state index contributed by atoms with van der Waals surface area (Å²) >= 11 is 6.38. The summed E-state index contributed by atoms with van der Waals surface area (Å²) in [6, 6.07) is 17.7. The van der Waals surface area contributed by atoms with E-state index in [0.29, 0.717) is 22.7 Å². The quantitative estimate of drug-likeness (QED) is 0.356. The van der Waals surface area contributed by atoms with E-state index in [2.05, 4.69) is 16.8 Å². The first kappa shape index (κ1) is 24.3. The van der Waals surface area contributed by atoms with Gasteiger partial charge in [0, 0.05) is 22.3 Å². The zero-order chi connectivity index (χ0) is 24.3. The number of aliphatic hydroxyl groups is 5. The lowest BCUT2D eigenvalue weighted by atomic mass is 9.87. The Balaban J connectivity index is 1.55. The van der Waals surface area contributed by atoms with Crippen LogP contribution in [0.2, 0.25) is 5.02 Å². The van der Waals surface area contributed by atoms with E-state index in [9.17, 15) is 25.5 Å². The first-order valence-corrected chi connectivity index (χ1v) is 11.1. The fourth-order valence-electron chi connectivity index (χ4n) is 3.82. The monoisotopic (exact) mass is 481 g/mol. The molecule has 5 atom stereocenters. The van der Waals surface area contributed by atoms with Crippen molar-refractivity contribution < 1.29 is 30.3 Å². The van der Waals surface area contributed by atoms with Crippen LogP contribution < -0.4 is 0 Å². The van der Waals surface area contributed by atoms with Gasteiger partial charge in [-0.25, -0.2) is 4.98 Å². The summed E-state index contributed by atoms with van der Waals surface area (Å²) in [5.41, 5.74) is 3.23. The Morgan fingerprint density at radius 1 is 0.971 bits per heavy atom. The van der Waals surface area contributed by atoms with Gasteiger partial charge in [-0.05, 0) is 59.9 Å². The summed E-state index contributed by atoms with van der Waals surface area (Å²) in [6.45, 7) is -0.650. The van der Waals surface area contributed by atoms with Crippen LogP contribution >= 0.6 is 11.6 Å². The van der Waals surface area contributed by atoms with E-state index in [1.54, 1.807) is 18.3 Å². The van der Waals surface area contributed by atoms with Crippen molar-refractivity contribution in [3.8, 4) is 11.8 Å². The van der Waals surface area contributed by atoms with Gasteiger partial charge in [-0.2, -0.15) is 0 Å². The second-order valence-electron chi connectivity index (χ2n) is 8.11. The molecule has 5 N–H and O–H groups in total. The van der Waals surface area contributed by atoms with Crippen molar-refractivity contribution in [2.45, 2.75) is 36.6 Å². The van der Waals surface area contributed by atoms with Crippen LogP contribution in [0.5, 0.6) is 0 Å². The minimum Gasteiger partial charge on any atom is -0.394 e. The van der Waals surface area contributed by atoms with Crippen molar-refractivity contribution in [1.29, 1.82) is 0 Å². The Hall–Kier alpha value is -2.80. The number of hydrogen-bond acceptors (Lipinski definition) is 7. The Morgan fingerprint density at radius 2 is 1.74 bits per heavy atom. The highest BCUT2D eigenvalue weighted by atomic mass is 35.5. The molecular formula is C26H24ClNO6. The summed E-state index contributed by atoms with van der Waals surface area (Å²) in [5.74, 6) is 3.73. The molecule has 7 nitrogen and oxygen atoms in total. The molecule has 4 rings (SSSR count). The van der Waals surface area contributed by atoms with E-state index in [0.717, 1.165) is 11.1 Å². The number of benzene rings is 2. The number of hydrogen-bond donors (Lipinski definition) is 5. The first-order chi connectivity index (χ1) is 16.3. The van der Waals surface area contributed by atoms with Crippen LogP contribution in [0, 0.1) is 11.8 Å². The van der Waals surface area contributed by atoms with Gasteiger partial charge in [0.2, 0.25) is 5.79 Å². The van der Waals surface area contributed by atoms with E-state index in [1.807, 2.05) is 42.5 Å². The lowest BCUT2D eigenvalue weighted by Gasteiger charge is -2.45. The Bertz CT molecular complexity index is 1190. The average molecular weight is 482 g/mol. The van der Waals surface area contributed by atoms with Crippen LogP contribution in [0.3, 0.4) is 0 Å². The van der Waals surface area contributed by atoms with Crippen LogP contribution in [-0.2, 0) is 16.9 Å². The molecule has 0 saturated carbocycles. The van der Waals surface area contributed by atoms with Crippen LogP contribution in [0.15, 0.2) is 66.9 Å². The van der Waals surface area contributed by atoms with Gasteiger partial charge < -0.3 is 30.3 Å². The van der Waals surface area contributed by atoms with Gasteiger partial charge in [-0.1, -0.05) is 41.8 Å². The van der Waals surface area contributed by atoms with E-state index in [4.69, 9.17) is 16.3 Å². The third-order valence-electron chi connectivity index (χ3n) is 5.77. The third-order valence-corrected chi connectivity index (χ3v) is 6.14. The van der Waals surface area contributed by atoms with Crippen molar-refractivity contribution >= 4 is 11.6 Å². The number of aromatic nitrogens is 1. The Morgan fingerprint density at radius 3 is 2.41 bits per heavy atom. The molecule has 176 valence electrons. The normalized spacial score (nSPS) is 26.5. The predicted molar refractivity (Wildman–Crippen MR) is 125 cm³/mol. The molecule has 3 aromatic rings. The maximum absolute atomic E-state index is 11.1. The van der Waals surface area contributed by atoms with Crippen molar-refractivity contribution in [1.82, 2.24) is 4.98 Å². The van der Waals surface area contributed by atoms with Gasteiger partial charge in [-0.15, -0.1) is 0 Å². The number of halogens is 1. The number of pyridine rings is 1. The van der Waals surface area contributed by atoms with Gasteiger partial charge >= 0.3 is 0 Å². The van der Waals surface area contributed by atoms with E-state index in [1.165, 1.54) is 6.07 Å². The van der Waals surface area contributed by atoms with Crippen molar-refractivity contribution in [2.75, 3.05) is 6.61 Å². The van der Waals surface area contributed by atoms with Gasteiger partial charge in [0.25, 0.3) is 0 Å². The molecule has 1 fully saturated rings. The van der Waals surface area contributed by atoms with Crippen LogP contribution in [0.1, 0.15) is 27.9 Å². The van der Waals surface area contributed by atoms with Crippen LogP contribution in [0.25, 0.3) is 0 Å². The highest BCUT2D eigenvalue weighted by Crippen LogP contribution is 2.37. The summed E-state index contributed by atoms with van der Waals surface area (Å²) < 4.78 is 5.41. The zero-order valence-corrected chi connectivity index (χ0v) is 18.8. The lowest BCUT2D eigenvalue weighted by molar-refractivity contribution is -0.357. The SMILES string of the molecule is OC[C@H]1O[C@@](O)(c2ccc(Cl)c(Cc3ccc(C#Cc4ccccn4)cc3)c2)[C@H](O)[C@@H](O)[C@@H]1O. The highest BCUT2D eigenvalue weighted by Gasteiger charge is 2.53. The van der Waals surface area contributed by atoms with E-state index < -0.39 is 36.8 Å². The zero-order valence-electron chi connectivity index (χ0n) is 18.0. The number of ether oxygens (including phenoxy) is 1. The lowest BCUT2D eigenvalue weighted by Crippen LogP contribution is -2.63. The van der Waals surface area contributed by atoms with Gasteiger partial charge in [0.15, 0.2) is 0 Å². The Kier molecular flexibility index (Phi) is 7.31. The van der Waals surface area contributed by atoms with Crippen molar-refractivity contribution in [3.63, 3.8) is 0 Å². The molecule has 0 unspecified atom stereocenters. The highest BCUT2D eigenvalue weighted by molar-refractivity contribution is 6.31. The number of rotatable bonds is 4. The molecular weight excluding hydrogens is 458 g/mol. The molecule has 1 aliphatic rings. The number of aliphatic hydroxyl groups excluding tert-OH is 4. The van der Waals surface area contributed by atoms with E-state index >= 15 is 0 Å². The standard InChI is InChI=1S/C26H24ClNO6/c27-21-11-9-19(26(33)25(32)24(31)23(30)22(15-29)34-26)14-18(21)13-17-6-4-16(5-7-17)8-10-20-3-1-2-12-28-20/h1-7,9,11-12,14,22-25,29-33H,13,15H2/t22-,23-,24+,25-,26+/m1/s1. The average Bonchev–Trinajstić information content (AvgIpc) is 2.86. The molecule has 34 heavy (non-hydrogen) atoms. The third kappa shape index (κ3) is 4.99. The second kappa shape index (κ2) is 10.2. The summed E-state index contributed by atoms with van der Waals surface area (Å²) in [7, 11) is 0. The second-order valence-corrected chi connectivity index (χ2v) is 8.51. The Labute approximate surface area is 201 Å². The van der Waals surface area contributed by atoms with Crippen LogP contribution in [0.4, 0.5) is 0 Å². The molecule has 0 amide bonds. The maximum Gasteiger partial charge on any atom is 0.222 e. The predicted octanol–water partition coefficient (Wildman–Crippen LogP) is 1.34. The smallest absolute Gasteiger partial charge is 0.222 e. The molecule has 0 aliphatic carbocycles. The van der Waals surface area contributed by atoms with Crippen LogP contribution in [-0.4, -0.2) is 61.5 Å². The summed E-state index contributed by atoms with van der Waals surface area (Å²) in [6.07, 6.45) is -4.27. The van der Waals surface area contributed by atoms with Crippen molar-refractivity contribution in [3.05, 3.63) is 99.8 Å². The van der Waals surface area contributed by atoms with Crippen molar-refractivity contribution in [2.24, 2.45) is 0 Å².